The molecule has 1 rings (SSSR count). The van der Waals surface area contributed by atoms with Gasteiger partial charge < -0.3 is 10.4 Å². The molecule has 0 aliphatic rings. The first-order chi connectivity index (χ1) is 7.50. The number of amides is 1. The van der Waals surface area contributed by atoms with Crippen LogP contribution in [0.2, 0.25) is 0 Å². The zero-order valence-electron chi connectivity index (χ0n) is 9.27. The highest BCUT2D eigenvalue weighted by atomic mass is 19.1. The predicted octanol–water partition coefficient (Wildman–Crippen LogP) is 1.11. The van der Waals surface area contributed by atoms with E-state index in [1.807, 2.05) is 0 Å². The number of aliphatic hydroxyl groups is 1. The van der Waals surface area contributed by atoms with E-state index >= 15 is 0 Å². The topological polar surface area (TPSA) is 62.2 Å². The molecular formula is C11H15FN2O2. The van der Waals surface area contributed by atoms with Crippen LogP contribution in [0.15, 0.2) is 18.5 Å². The summed E-state index contributed by atoms with van der Waals surface area (Å²) in [5.74, 6) is -1.14. The van der Waals surface area contributed by atoms with Crippen LogP contribution < -0.4 is 5.32 Å². The molecule has 1 aromatic rings. The van der Waals surface area contributed by atoms with Crippen molar-refractivity contribution in [2.24, 2.45) is 0 Å². The Morgan fingerprint density at radius 3 is 2.88 bits per heavy atom. The maximum atomic E-state index is 13.2. The van der Waals surface area contributed by atoms with Gasteiger partial charge >= 0.3 is 0 Å². The summed E-state index contributed by atoms with van der Waals surface area (Å²) in [4.78, 5) is 15.2. The zero-order valence-corrected chi connectivity index (χ0v) is 9.27. The molecule has 0 fully saturated rings. The minimum Gasteiger partial charge on any atom is -0.393 e. The van der Waals surface area contributed by atoms with E-state index in [1.165, 1.54) is 12.3 Å². The first kappa shape index (κ1) is 12.6. The third-order valence-electron chi connectivity index (χ3n) is 2.09. The maximum absolute atomic E-state index is 13.2. The Morgan fingerprint density at radius 1 is 1.62 bits per heavy atom. The van der Waals surface area contributed by atoms with Crippen LogP contribution in [0.4, 0.5) is 4.39 Å². The Hall–Kier alpha value is -1.49. The molecule has 0 spiro atoms. The number of rotatable bonds is 4. The third kappa shape index (κ3) is 3.58. The SMILES string of the molecule is CC(O)CC(C)NC(=O)c1ccncc1F. The number of pyridine rings is 1. The number of halogens is 1. The van der Waals surface area contributed by atoms with Crippen LogP contribution in [-0.2, 0) is 0 Å². The molecule has 0 aliphatic carbocycles. The van der Waals surface area contributed by atoms with Gasteiger partial charge in [-0.3, -0.25) is 9.78 Å². The van der Waals surface area contributed by atoms with E-state index in [0.29, 0.717) is 6.42 Å². The van der Waals surface area contributed by atoms with Gasteiger partial charge in [0.2, 0.25) is 0 Å². The van der Waals surface area contributed by atoms with Crippen molar-refractivity contribution in [1.82, 2.24) is 10.3 Å². The van der Waals surface area contributed by atoms with Gasteiger partial charge in [0.05, 0.1) is 17.9 Å². The summed E-state index contributed by atoms with van der Waals surface area (Å²) >= 11 is 0. The highest BCUT2D eigenvalue weighted by molar-refractivity contribution is 5.94. The molecule has 1 heterocycles. The molecule has 88 valence electrons. The van der Waals surface area contributed by atoms with Gasteiger partial charge in [-0.2, -0.15) is 0 Å². The Bertz CT molecular complexity index is 369. The molecule has 0 aliphatic heterocycles. The molecule has 0 radical (unpaired) electrons. The normalized spacial score (nSPS) is 14.2. The number of aromatic nitrogens is 1. The number of nitrogens with one attached hydrogen (secondary N) is 1. The summed E-state index contributed by atoms with van der Waals surface area (Å²) in [5.41, 5.74) is -0.0348. The summed E-state index contributed by atoms with van der Waals surface area (Å²) in [5, 5.41) is 11.7. The zero-order chi connectivity index (χ0) is 12.1. The second kappa shape index (κ2) is 5.55. The summed E-state index contributed by atoms with van der Waals surface area (Å²) in [6.07, 6.45) is 2.28. The predicted molar refractivity (Wildman–Crippen MR) is 57.4 cm³/mol. The molecule has 0 saturated heterocycles. The molecule has 1 aromatic heterocycles. The minimum absolute atomic E-state index is 0.0348. The van der Waals surface area contributed by atoms with Crippen LogP contribution in [0, 0.1) is 5.82 Å². The average Bonchev–Trinajstić information content (AvgIpc) is 2.16. The Labute approximate surface area is 93.5 Å². The van der Waals surface area contributed by atoms with Gasteiger partial charge in [-0.05, 0) is 26.3 Å². The molecule has 0 bridgehead atoms. The lowest BCUT2D eigenvalue weighted by Crippen LogP contribution is -2.35. The van der Waals surface area contributed by atoms with Crippen molar-refractivity contribution in [2.45, 2.75) is 32.4 Å². The third-order valence-corrected chi connectivity index (χ3v) is 2.09. The minimum atomic E-state index is -0.649. The van der Waals surface area contributed by atoms with E-state index in [1.54, 1.807) is 13.8 Å². The standard InChI is InChI=1S/C11H15FN2O2/c1-7(5-8(2)15)14-11(16)9-3-4-13-6-10(9)12/h3-4,6-8,15H,5H2,1-2H3,(H,14,16). The average molecular weight is 226 g/mol. The highest BCUT2D eigenvalue weighted by Gasteiger charge is 2.14. The van der Waals surface area contributed by atoms with E-state index in [-0.39, 0.29) is 11.6 Å². The van der Waals surface area contributed by atoms with Gasteiger partial charge in [-0.1, -0.05) is 0 Å². The summed E-state index contributed by atoms with van der Waals surface area (Å²) in [6.45, 7) is 3.39. The Kier molecular flexibility index (Phi) is 4.37. The molecule has 0 aromatic carbocycles. The number of nitrogens with zero attached hydrogens (tertiary/aromatic N) is 1. The van der Waals surface area contributed by atoms with Crippen molar-refractivity contribution in [3.63, 3.8) is 0 Å². The van der Waals surface area contributed by atoms with Crippen molar-refractivity contribution >= 4 is 5.91 Å². The van der Waals surface area contributed by atoms with Crippen molar-refractivity contribution in [1.29, 1.82) is 0 Å². The molecule has 2 unspecified atom stereocenters. The highest BCUT2D eigenvalue weighted by Crippen LogP contribution is 2.05. The molecule has 5 heteroatoms. The van der Waals surface area contributed by atoms with Gasteiger partial charge in [0.1, 0.15) is 0 Å². The molecular weight excluding hydrogens is 211 g/mol. The van der Waals surface area contributed by atoms with Crippen LogP contribution in [0.3, 0.4) is 0 Å². The van der Waals surface area contributed by atoms with Gasteiger partial charge in [-0.25, -0.2) is 4.39 Å². The van der Waals surface area contributed by atoms with Crippen molar-refractivity contribution < 1.29 is 14.3 Å². The van der Waals surface area contributed by atoms with E-state index in [2.05, 4.69) is 10.3 Å². The summed E-state index contributed by atoms with van der Waals surface area (Å²) < 4.78 is 13.2. The molecule has 2 N–H and O–H groups in total. The number of hydrogen-bond acceptors (Lipinski definition) is 3. The number of carbonyl (C=O) groups excluding carboxylic acids is 1. The largest absolute Gasteiger partial charge is 0.393 e. The Balaban J connectivity index is 2.63. The Morgan fingerprint density at radius 2 is 2.31 bits per heavy atom. The van der Waals surface area contributed by atoms with E-state index in [0.717, 1.165) is 6.20 Å². The van der Waals surface area contributed by atoms with Crippen LogP contribution in [0.5, 0.6) is 0 Å². The molecule has 16 heavy (non-hydrogen) atoms. The second-order valence-electron chi connectivity index (χ2n) is 3.81. The van der Waals surface area contributed by atoms with Gasteiger partial charge in [-0.15, -0.1) is 0 Å². The maximum Gasteiger partial charge on any atom is 0.254 e. The number of carbonyl (C=O) groups is 1. The summed E-state index contributed by atoms with van der Waals surface area (Å²) in [7, 11) is 0. The van der Waals surface area contributed by atoms with Gasteiger partial charge in [0.25, 0.3) is 5.91 Å². The van der Waals surface area contributed by atoms with Crippen LogP contribution in [0.25, 0.3) is 0 Å². The lowest BCUT2D eigenvalue weighted by Gasteiger charge is -2.15. The fourth-order valence-corrected chi connectivity index (χ4v) is 1.43. The smallest absolute Gasteiger partial charge is 0.254 e. The van der Waals surface area contributed by atoms with E-state index < -0.39 is 17.8 Å². The number of aliphatic hydroxyl groups excluding tert-OH is 1. The summed E-state index contributed by atoms with van der Waals surface area (Å²) in [6, 6.07) is 1.11. The fourth-order valence-electron chi connectivity index (χ4n) is 1.43. The van der Waals surface area contributed by atoms with Gasteiger partial charge in [0.15, 0.2) is 5.82 Å². The number of hydrogen-bond donors (Lipinski definition) is 2. The van der Waals surface area contributed by atoms with Gasteiger partial charge in [0, 0.05) is 12.2 Å². The monoisotopic (exact) mass is 226 g/mol. The first-order valence-corrected chi connectivity index (χ1v) is 5.09. The van der Waals surface area contributed by atoms with E-state index in [4.69, 9.17) is 5.11 Å². The first-order valence-electron chi connectivity index (χ1n) is 5.09. The van der Waals surface area contributed by atoms with Crippen molar-refractivity contribution in [3.8, 4) is 0 Å². The van der Waals surface area contributed by atoms with Crippen LogP contribution in [-0.4, -0.2) is 28.1 Å². The van der Waals surface area contributed by atoms with Crippen LogP contribution >= 0.6 is 0 Å². The lowest BCUT2D eigenvalue weighted by atomic mass is 10.1. The fraction of sp³-hybridized carbons (Fsp3) is 0.455. The second-order valence-corrected chi connectivity index (χ2v) is 3.81. The molecule has 1 amide bonds. The molecule has 0 saturated carbocycles. The quantitative estimate of drug-likeness (QED) is 0.808. The van der Waals surface area contributed by atoms with Crippen molar-refractivity contribution in [3.05, 3.63) is 29.8 Å². The van der Waals surface area contributed by atoms with E-state index in [9.17, 15) is 9.18 Å². The van der Waals surface area contributed by atoms with Crippen LogP contribution in [0.1, 0.15) is 30.6 Å². The molecule has 4 nitrogen and oxygen atoms in total. The van der Waals surface area contributed by atoms with Crippen molar-refractivity contribution in [2.75, 3.05) is 0 Å². The molecule has 2 atom stereocenters. The lowest BCUT2D eigenvalue weighted by molar-refractivity contribution is 0.0919.